The lowest BCUT2D eigenvalue weighted by atomic mass is 9.47. The fourth-order valence-electron chi connectivity index (χ4n) is 7.71. The van der Waals surface area contributed by atoms with Crippen molar-refractivity contribution >= 4 is 18.1 Å². The minimum atomic E-state index is -0.152. The molecule has 166 valence electrons. The number of fused-ring (bicyclic) bond motifs is 5. The van der Waals surface area contributed by atoms with Crippen LogP contribution in [0.15, 0.2) is 52.7 Å². The number of anilines is 1. The van der Waals surface area contributed by atoms with Gasteiger partial charge >= 0.3 is 0 Å². The fourth-order valence-corrected chi connectivity index (χ4v) is 7.71. The summed E-state index contributed by atoms with van der Waals surface area (Å²) in [4.78, 5) is 6.27. The van der Waals surface area contributed by atoms with Gasteiger partial charge in [-0.15, -0.1) is 0 Å². The Balaban J connectivity index is 1.47. The van der Waals surface area contributed by atoms with Crippen molar-refractivity contribution in [3.8, 4) is 0 Å². The lowest BCUT2D eigenvalue weighted by Crippen LogP contribution is -2.51. The second-order valence-corrected chi connectivity index (χ2v) is 10.7. The monoisotopic (exact) mass is 420 g/mol. The van der Waals surface area contributed by atoms with E-state index in [0.29, 0.717) is 17.8 Å². The molecule has 0 bridgehead atoms. The summed E-state index contributed by atoms with van der Waals surface area (Å²) in [6.07, 6.45) is 12.2. The maximum Gasteiger partial charge on any atom is 0.120 e. The summed E-state index contributed by atoms with van der Waals surface area (Å²) in [5.41, 5.74) is 4.85. The Kier molecular flexibility index (Phi) is 5.14. The number of para-hydroxylation sites is 2. The molecule has 2 fully saturated rings. The highest BCUT2D eigenvalue weighted by Crippen LogP contribution is 2.65. The van der Waals surface area contributed by atoms with Crippen molar-refractivity contribution in [1.82, 2.24) is 0 Å². The van der Waals surface area contributed by atoms with E-state index in [2.05, 4.69) is 42.6 Å². The van der Waals surface area contributed by atoms with Crippen LogP contribution in [0.4, 0.5) is 11.4 Å². The van der Waals surface area contributed by atoms with E-state index in [9.17, 15) is 10.2 Å². The SMILES string of the molecule is C=Nc1ccccc1N(CO)C1=CCC2C3CC=C4CC(O)CCC4(C)C3CCC12C. The molecule has 4 heteroatoms. The van der Waals surface area contributed by atoms with E-state index in [4.69, 9.17) is 0 Å². The topological polar surface area (TPSA) is 56.1 Å². The van der Waals surface area contributed by atoms with Crippen molar-refractivity contribution in [2.45, 2.75) is 64.9 Å². The van der Waals surface area contributed by atoms with Crippen LogP contribution >= 0.6 is 0 Å². The van der Waals surface area contributed by atoms with Crippen LogP contribution in [0.2, 0.25) is 0 Å². The number of nitrogens with zero attached hydrogens (tertiary/aromatic N) is 2. The van der Waals surface area contributed by atoms with E-state index >= 15 is 0 Å². The summed E-state index contributed by atoms with van der Waals surface area (Å²) in [6.45, 7) is 8.58. The van der Waals surface area contributed by atoms with Gasteiger partial charge in [-0.1, -0.05) is 43.7 Å². The lowest BCUT2D eigenvalue weighted by molar-refractivity contribution is -0.0303. The predicted octanol–water partition coefficient (Wildman–Crippen LogP) is 5.59. The van der Waals surface area contributed by atoms with Gasteiger partial charge in [0.05, 0.1) is 17.5 Å². The van der Waals surface area contributed by atoms with E-state index in [1.54, 1.807) is 0 Å². The molecule has 1 aromatic carbocycles. The van der Waals surface area contributed by atoms with Gasteiger partial charge in [0.25, 0.3) is 0 Å². The van der Waals surface area contributed by atoms with E-state index in [0.717, 1.165) is 49.9 Å². The third kappa shape index (κ3) is 3.06. The molecule has 2 saturated carbocycles. The van der Waals surface area contributed by atoms with Crippen LogP contribution < -0.4 is 4.90 Å². The van der Waals surface area contributed by atoms with Crippen LogP contribution in [0.3, 0.4) is 0 Å². The molecule has 0 aromatic heterocycles. The van der Waals surface area contributed by atoms with Crippen molar-refractivity contribution in [2.24, 2.45) is 33.6 Å². The number of aliphatic hydroxyl groups excluding tert-OH is 2. The number of hydrogen-bond donors (Lipinski definition) is 2. The minimum Gasteiger partial charge on any atom is -0.393 e. The summed E-state index contributed by atoms with van der Waals surface area (Å²) >= 11 is 0. The molecule has 4 aliphatic rings. The number of hydrogen-bond acceptors (Lipinski definition) is 4. The normalized spacial score (nSPS) is 39.0. The van der Waals surface area contributed by atoms with Crippen LogP contribution in [-0.2, 0) is 0 Å². The fraction of sp³-hybridized carbons (Fsp3) is 0.593. The summed E-state index contributed by atoms with van der Waals surface area (Å²) in [5, 5.41) is 20.6. The average molecular weight is 421 g/mol. The highest BCUT2D eigenvalue weighted by atomic mass is 16.3. The first kappa shape index (κ1) is 21.0. The Labute approximate surface area is 186 Å². The molecule has 0 amide bonds. The smallest absolute Gasteiger partial charge is 0.120 e. The second kappa shape index (κ2) is 7.60. The molecule has 31 heavy (non-hydrogen) atoms. The van der Waals surface area contributed by atoms with Crippen molar-refractivity contribution in [3.05, 3.63) is 47.7 Å². The molecule has 0 heterocycles. The molecule has 6 atom stereocenters. The molecular weight excluding hydrogens is 384 g/mol. The van der Waals surface area contributed by atoms with Crippen molar-refractivity contribution in [1.29, 1.82) is 0 Å². The van der Waals surface area contributed by atoms with Gasteiger partial charge in [0.1, 0.15) is 6.73 Å². The maximum absolute atomic E-state index is 10.4. The Morgan fingerprint density at radius 2 is 1.84 bits per heavy atom. The zero-order valence-corrected chi connectivity index (χ0v) is 18.9. The zero-order chi connectivity index (χ0) is 21.8. The number of aliphatic imine (C=N–C) groups is 1. The Morgan fingerprint density at radius 3 is 2.61 bits per heavy atom. The van der Waals surface area contributed by atoms with E-state index < -0.39 is 0 Å². The Morgan fingerprint density at radius 1 is 1.06 bits per heavy atom. The second-order valence-electron chi connectivity index (χ2n) is 10.7. The van der Waals surface area contributed by atoms with Crippen LogP contribution in [0.25, 0.3) is 0 Å². The van der Waals surface area contributed by atoms with Crippen LogP contribution in [0.5, 0.6) is 0 Å². The van der Waals surface area contributed by atoms with Crippen LogP contribution in [0.1, 0.15) is 58.8 Å². The van der Waals surface area contributed by atoms with Gasteiger partial charge in [-0.25, -0.2) is 0 Å². The van der Waals surface area contributed by atoms with Gasteiger partial charge in [0, 0.05) is 11.1 Å². The van der Waals surface area contributed by atoms with E-state index in [1.165, 1.54) is 17.7 Å². The highest BCUT2D eigenvalue weighted by molar-refractivity contribution is 5.71. The summed E-state index contributed by atoms with van der Waals surface area (Å²) in [5.74, 6) is 1.97. The summed E-state index contributed by atoms with van der Waals surface area (Å²) in [6, 6.07) is 7.97. The van der Waals surface area contributed by atoms with Gasteiger partial charge in [-0.05, 0) is 87.0 Å². The number of benzene rings is 1. The molecule has 1 aromatic rings. The predicted molar refractivity (Wildman–Crippen MR) is 126 cm³/mol. The third-order valence-corrected chi connectivity index (χ3v) is 9.39. The highest BCUT2D eigenvalue weighted by Gasteiger charge is 2.57. The molecule has 6 unspecified atom stereocenters. The number of rotatable bonds is 4. The molecular formula is C27H36N2O2. The molecule has 0 saturated heterocycles. The molecule has 0 aliphatic heterocycles. The Bertz CT molecular complexity index is 937. The van der Waals surface area contributed by atoms with Crippen LogP contribution in [0, 0.1) is 28.6 Å². The number of allylic oxidation sites excluding steroid dienone is 3. The molecule has 2 N–H and O–H groups in total. The first-order chi connectivity index (χ1) is 14.9. The molecule has 0 spiro atoms. The van der Waals surface area contributed by atoms with Gasteiger partial charge in [0.2, 0.25) is 0 Å². The molecule has 0 radical (unpaired) electrons. The standard InChI is InChI=1S/C27H36N2O2/c1-26-14-12-19(31)16-18(26)8-9-20-21-10-11-25(27(21,2)15-13-22(20)26)29(17-30)24-7-5-4-6-23(24)28-3/h4-8,11,19-22,30-31H,3,9-10,12-17H2,1-2H3. The summed E-state index contributed by atoms with van der Waals surface area (Å²) < 4.78 is 0. The van der Waals surface area contributed by atoms with Gasteiger partial charge in [0.15, 0.2) is 0 Å². The average Bonchev–Trinajstić information content (AvgIpc) is 3.12. The van der Waals surface area contributed by atoms with Crippen molar-refractivity contribution in [2.75, 3.05) is 11.6 Å². The lowest BCUT2D eigenvalue weighted by Gasteiger charge is -2.58. The van der Waals surface area contributed by atoms with Gasteiger partial charge < -0.3 is 15.1 Å². The molecule has 4 nitrogen and oxygen atoms in total. The first-order valence-electron chi connectivity index (χ1n) is 11.9. The summed E-state index contributed by atoms with van der Waals surface area (Å²) in [7, 11) is 0. The number of aliphatic hydroxyl groups is 2. The van der Waals surface area contributed by atoms with Crippen molar-refractivity contribution in [3.63, 3.8) is 0 Å². The largest absolute Gasteiger partial charge is 0.393 e. The quantitative estimate of drug-likeness (QED) is 0.379. The van der Waals surface area contributed by atoms with Gasteiger partial charge in [-0.2, -0.15) is 0 Å². The zero-order valence-electron chi connectivity index (χ0n) is 18.9. The maximum atomic E-state index is 10.4. The van der Waals surface area contributed by atoms with Crippen molar-refractivity contribution < 1.29 is 10.2 Å². The van der Waals surface area contributed by atoms with Gasteiger partial charge in [-0.3, -0.25) is 4.99 Å². The first-order valence-corrected chi connectivity index (χ1v) is 11.9. The molecule has 4 aliphatic carbocycles. The Hall–Kier alpha value is -1.91. The van der Waals surface area contributed by atoms with Crippen LogP contribution in [-0.4, -0.2) is 29.8 Å². The van der Waals surface area contributed by atoms with E-state index in [1.807, 2.05) is 24.3 Å². The van der Waals surface area contributed by atoms with E-state index in [-0.39, 0.29) is 23.7 Å². The third-order valence-electron chi connectivity index (χ3n) is 9.39. The minimum absolute atomic E-state index is 0.0472. The molecule has 5 rings (SSSR count).